The molecule has 0 atom stereocenters. The molecule has 24 heavy (non-hydrogen) atoms. The molecule has 0 saturated heterocycles. The first kappa shape index (κ1) is 18.0. The molecule has 7 heteroatoms. The molecule has 2 aromatic rings. The van der Waals surface area contributed by atoms with E-state index in [0.717, 1.165) is 17.7 Å². The molecule has 0 spiro atoms. The van der Waals surface area contributed by atoms with Crippen molar-refractivity contribution in [1.29, 1.82) is 0 Å². The first-order valence-corrected chi connectivity index (χ1v) is 7.88. The Bertz CT molecular complexity index is 709. The molecule has 2 rings (SSSR count). The highest BCUT2D eigenvalue weighted by molar-refractivity contribution is 6.31. The molecule has 0 aliphatic carbocycles. The fourth-order valence-electron chi connectivity index (χ4n) is 2.11. The Kier molecular flexibility index (Phi) is 6.81. The van der Waals surface area contributed by atoms with Crippen LogP contribution in [0.25, 0.3) is 0 Å². The Balaban J connectivity index is 1.83. The van der Waals surface area contributed by atoms with Crippen molar-refractivity contribution in [3.05, 3.63) is 58.6 Å². The molecule has 0 fully saturated rings. The van der Waals surface area contributed by atoms with Gasteiger partial charge in [-0.25, -0.2) is 4.39 Å². The van der Waals surface area contributed by atoms with Gasteiger partial charge in [-0.1, -0.05) is 17.7 Å². The van der Waals surface area contributed by atoms with Crippen LogP contribution in [0.3, 0.4) is 0 Å². The normalized spacial score (nSPS) is 11.2. The van der Waals surface area contributed by atoms with Crippen LogP contribution in [0, 0.1) is 5.82 Å². The molecular weight excluding hydrogens is 331 g/mol. The number of halogens is 2. The zero-order valence-corrected chi connectivity index (χ0v) is 14.4. The fourth-order valence-corrected chi connectivity index (χ4v) is 2.37. The number of benzene rings is 1. The summed E-state index contributed by atoms with van der Waals surface area (Å²) in [5.41, 5.74) is 1.36. The topological polar surface area (TPSA) is 58.5 Å². The van der Waals surface area contributed by atoms with Gasteiger partial charge in [0.1, 0.15) is 11.6 Å². The van der Waals surface area contributed by atoms with Gasteiger partial charge in [-0.05, 0) is 36.2 Å². The van der Waals surface area contributed by atoms with E-state index in [2.05, 4.69) is 20.6 Å². The summed E-state index contributed by atoms with van der Waals surface area (Å²) >= 11 is 6.21. The molecule has 0 bridgehead atoms. The standard InChI is InChI=1S/C17H20ClFN4O/c1-20-17(23-11-16-15(19)4-3-8-21-16)22-9-7-12-5-6-13(24-2)10-14(12)18/h3-6,8,10H,7,9,11H2,1-2H3,(H2,20,22,23). The number of guanidine groups is 1. The number of aromatic nitrogens is 1. The van der Waals surface area contributed by atoms with Crippen molar-refractivity contribution >= 4 is 17.6 Å². The van der Waals surface area contributed by atoms with Gasteiger partial charge in [-0.15, -0.1) is 0 Å². The molecule has 1 aromatic heterocycles. The monoisotopic (exact) mass is 350 g/mol. The number of nitrogens with zero attached hydrogens (tertiary/aromatic N) is 2. The molecule has 0 aliphatic rings. The number of aliphatic imine (C=N–C) groups is 1. The number of ether oxygens (including phenoxy) is 1. The number of methoxy groups -OCH3 is 1. The van der Waals surface area contributed by atoms with Crippen LogP contribution in [-0.4, -0.2) is 31.6 Å². The molecule has 0 radical (unpaired) electrons. The molecule has 1 heterocycles. The average molecular weight is 351 g/mol. The molecule has 0 saturated carbocycles. The molecule has 128 valence electrons. The Morgan fingerprint density at radius 2 is 2.17 bits per heavy atom. The van der Waals surface area contributed by atoms with Crippen molar-refractivity contribution in [1.82, 2.24) is 15.6 Å². The van der Waals surface area contributed by atoms with Gasteiger partial charge in [0, 0.05) is 24.8 Å². The molecule has 5 nitrogen and oxygen atoms in total. The number of pyridine rings is 1. The van der Waals surface area contributed by atoms with E-state index in [-0.39, 0.29) is 12.4 Å². The Morgan fingerprint density at radius 1 is 1.33 bits per heavy atom. The van der Waals surface area contributed by atoms with Gasteiger partial charge in [0.2, 0.25) is 0 Å². The lowest BCUT2D eigenvalue weighted by molar-refractivity contribution is 0.414. The predicted octanol–water partition coefficient (Wildman–Crippen LogP) is 2.79. The molecule has 0 unspecified atom stereocenters. The lowest BCUT2D eigenvalue weighted by Gasteiger charge is -2.12. The smallest absolute Gasteiger partial charge is 0.191 e. The highest BCUT2D eigenvalue weighted by Gasteiger charge is 2.05. The third-order valence-electron chi connectivity index (χ3n) is 3.43. The van der Waals surface area contributed by atoms with Crippen molar-refractivity contribution in [2.75, 3.05) is 20.7 Å². The van der Waals surface area contributed by atoms with Gasteiger partial charge in [0.05, 0.1) is 19.3 Å². The maximum atomic E-state index is 13.5. The van der Waals surface area contributed by atoms with Gasteiger partial charge >= 0.3 is 0 Å². The lowest BCUT2D eigenvalue weighted by atomic mass is 10.1. The second-order valence-electron chi connectivity index (χ2n) is 4.99. The number of hydrogen-bond donors (Lipinski definition) is 2. The third kappa shape index (κ3) is 5.09. The third-order valence-corrected chi connectivity index (χ3v) is 3.78. The van der Waals surface area contributed by atoms with Gasteiger partial charge in [-0.3, -0.25) is 9.98 Å². The SMILES string of the molecule is CN=C(NCCc1ccc(OC)cc1Cl)NCc1ncccc1F. The minimum absolute atomic E-state index is 0.260. The second kappa shape index (κ2) is 9.08. The quantitative estimate of drug-likeness (QED) is 0.621. The van der Waals surface area contributed by atoms with E-state index in [1.165, 1.54) is 6.07 Å². The summed E-state index contributed by atoms with van der Waals surface area (Å²) < 4.78 is 18.7. The summed E-state index contributed by atoms with van der Waals surface area (Å²) in [7, 11) is 3.26. The number of nitrogens with one attached hydrogen (secondary N) is 2. The number of rotatable bonds is 6. The van der Waals surface area contributed by atoms with Gasteiger partial charge in [0.25, 0.3) is 0 Å². The van der Waals surface area contributed by atoms with Crippen molar-refractivity contribution in [3.8, 4) is 5.75 Å². The molecule has 0 aliphatic heterocycles. The van der Waals surface area contributed by atoms with E-state index < -0.39 is 0 Å². The Morgan fingerprint density at radius 3 is 2.83 bits per heavy atom. The lowest BCUT2D eigenvalue weighted by Crippen LogP contribution is -2.38. The highest BCUT2D eigenvalue weighted by Crippen LogP contribution is 2.22. The Labute approximate surface area is 145 Å². The summed E-state index contributed by atoms with van der Waals surface area (Å²) in [6, 6.07) is 8.53. The largest absolute Gasteiger partial charge is 0.497 e. The van der Waals surface area contributed by atoms with Crippen molar-refractivity contribution in [2.45, 2.75) is 13.0 Å². The zero-order valence-electron chi connectivity index (χ0n) is 13.6. The van der Waals surface area contributed by atoms with E-state index in [9.17, 15) is 4.39 Å². The summed E-state index contributed by atoms with van der Waals surface area (Å²) in [4.78, 5) is 8.10. The maximum absolute atomic E-state index is 13.5. The molecular formula is C17H20ClFN4O. The minimum atomic E-state index is -0.342. The summed E-state index contributed by atoms with van der Waals surface area (Å²) in [6.07, 6.45) is 2.28. The van der Waals surface area contributed by atoms with E-state index in [1.807, 2.05) is 12.1 Å². The molecule has 0 amide bonds. The summed E-state index contributed by atoms with van der Waals surface area (Å²) in [5, 5.41) is 6.85. The van der Waals surface area contributed by atoms with Crippen LogP contribution in [-0.2, 0) is 13.0 Å². The van der Waals surface area contributed by atoms with Gasteiger partial charge in [0.15, 0.2) is 5.96 Å². The van der Waals surface area contributed by atoms with Crippen LogP contribution >= 0.6 is 11.6 Å². The first-order chi connectivity index (χ1) is 11.6. The first-order valence-electron chi connectivity index (χ1n) is 7.50. The minimum Gasteiger partial charge on any atom is -0.497 e. The summed E-state index contributed by atoms with van der Waals surface area (Å²) in [5.74, 6) is 0.960. The van der Waals surface area contributed by atoms with E-state index in [4.69, 9.17) is 16.3 Å². The van der Waals surface area contributed by atoms with Crippen LogP contribution in [0.1, 0.15) is 11.3 Å². The average Bonchev–Trinajstić information content (AvgIpc) is 2.60. The predicted molar refractivity (Wildman–Crippen MR) is 94.1 cm³/mol. The van der Waals surface area contributed by atoms with Crippen LogP contribution in [0.4, 0.5) is 4.39 Å². The van der Waals surface area contributed by atoms with Crippen molar-refractivity contribution in [3.63, 3.8) is 0 Å². The van der Waals surface area contributed by atoms with Crippen LogP contribution in [0.15, 0.2) is 41.5 Å². The van der Waals surface area contributed by atoms with Crippen LogP contribution < -0.4 is 15.4 Å². The zero-order chi connectivity index (χ0) is 17.4. The van der Waals surface area contributed by atoms with Crippen LogP contribution in [0.2, 0.25) is 5.02 Å². The van der Waals surface area contributed by atoms with Crippen molar-refractivity contribution in [2.24, 2.45) is 4.99 Å². The van der Waals surface area contributed by atoms with Crippen molar-refractivity contribution < 1.29 is 9.13 Å². The molecule has 2 N–H and O–H groups in total. The van der Waals surface area contributed by atoms with E-state index in [1.54, 1.807) is 32.5 Å². The highest BCUT2D eigenvalue weighted by atomic mass is 35.5. The summed E-state index contributed by atoms with van der Waals surface area (Å²) in [6.45, 7) is 0.895. The van der Waals surface area contributed by atoms with E-state index in [0.29, 0.717) is 23.2 Å². The van der Waals surface area contributed by atoms with Gasteiger partial charge in [-0.2, -0.15) is 0 Å². The number of hydrogen-bond acceptors (Lipinski definition) is 3. The maximum Gasteiger partial charge on any atom is 0.191 e. The molecule has 1 aromatic carbocycles. The van der Waals surface area contributed by atoms with Crippen LogP contribution in [0.5, 0.6) is 5.75 Å². The second-order valence-corrected chi connectivity index (χ2v) is 5.40. The fraction of sp³-hybridized carbons (Fsp3) is 0.294. The van der Waals surface area contributed by atoms with Gasteiger partial charge < -0.3 is 15.4 Å². The Hall–Kier alpha value is -2.34. The van der Waals surface area contributed by atoms with E-state index >= 15 is 0 Å².